The maximum Gasteiger partial charge on any atom is 0.407 e. The van der Waals surface area contributed by atoms with E-state index < -0.39 is 12.1 Å². The van der Waals surface area contributed by atoms with Gasteiger partial charge in [0.25, 0.3) is 0 Å². The molecular weight excluding hydrogens is 210 g/mol. The van der Waals surface area contributed by atoms with Gasteiger partial charge in [0.15, 0.2) is 0 Å². The lowest BCUT2D eigenvalue weighted by molar-refractivity contribution is -0.137. The Morgan fingerprint density at radius 1 is 1.44 bits per heavy atom. The van der Waals surface area contributed by atoms with Crippen molar-refractivity contribution in [2.75, 3.05) is 13.2 Å². The summed E-state index contributed by atoms with van der Waals surface area (Å²) in [5, 5.41) is 11.1. The first kappa shape index (κ1) is 14.7. The number of carbonyl (C=O) groups excluding carboxylic acids is 1. The fourth-order valence-corrected chi connectivity index (χ4v) is 1.09. The molecule has 0 bridgehead atoms. The Morgan fingerprint density at radius 2 is 2.12 bits per heavy atom. The second kappa shape index (κ2) is 9.00. The molecule has 0 saturated carbocycles. The van der Waals surface area contributed by atoms with E-state index in [-0.39, 0.29) is 12.3 Å². The highest BCUT2D eigenvalue weighted by Gasteiger charge is 2.07. The fourth-order valence-electron chi connectivity index (χ4n) is 1.09. The third-order valence-corrected chi connectivity index (χ3v) is 2.18. The quantitative estimate of drug-likeness (QED) is 0.626. The van der Waals surface area contributed by atoms with E-state index in [0.717, 1.165) is 12.8 Å². The Morgan fingerprint density at radius 3 is 2.69 bits per heavy atom. The van der Waals surface area contributed by atoms with Gasteiger partial charge in [-0.15, -0.1) is 0 Å². The molecule has 0 radical (unpaired) electrons. The van der Waals surface area contributed by atoms with Crippen LogP contribution in [0.5, 0.6) is 0 Å². The van der Waals surface area contributed by atoms with Crippen molar-refractivity contribution in [3.8, 4) is 0 Å². The van der Waals surface area contributed by atoms with Crippen LogP contribution in [0.15, 0.2) is 0 Å². The number of ether oxygens (including phenoxy) is 1. The van der Waals surface area contributed by atoms with Gasteiger partial charge in [-0.05, 0) is 18.8 Å². The minimum atomic E-state index is -0.808. The third-order valence-electron chi connectivity index (χ3n) is 2.18. The van der Waals surface area contributed by atoms with Crippen LogP contribution in [0.25, 0.3) is 0 Å². The summed E-state index contributed by atoms with van der Waals surface area (Å²) in [5.74, 6) is -0.660. The molecule has 5 nitrogen and oxygen atoms in total. The number of amides is 1. The zero-order valence-electron chi connectivity index (χ0n) is 9.99. The van der Waals surface area contributed by atoms with Crippen LogP contribution in [0.4, 0.5) is 4.79 Å². The lowest BCUT2D eigenvalue weighted by atomic mass is 10.1. The van der Waals surface area contributed by atoms with Gasteiger partial charge in [0.05, 0.1) is 6.61 Å². The highest BCUT2D eigenvalue weighted by atomic mass is 16.5. The molecule has 94 valence electrons. The average Bonchev–Trinajstić information content (AvgIpc) is 2.24. The molecule has 0 aromatic carbocycles. The molecule has 16 heavy (non-hydrogen) atoms. The van der Waals surface area contributed by atoms with Crippen molar-refractivity contribution in [2.24, 2.45) is 5.92 Å². The number of hydrogen-bond acceptors (Lipinski definition) is 3. The molecule has 0 aromatic heterocycles. The molecule has 0 aliphatic carbocycles. The maximum atomic E-state index is 11.1. The van der Waals surface area contributed by atoms with Gasteiger partial charge < -0.3 is 15.2 Å². The minimum absolute atomic E-state index is 0.133. The molecule has 0 spiro atoms. The highest BCUT2D eigenvalue weighted by Crippen LogP contribution is 2.03. The number of rotatable bonds is 8. The topological polar surface area (TPSA) is 75.6 Å². The summed E-state index contributed by atoms with van der Waals surface area (Å²) in [6.45, 7) is 4.81. The molecule has 5 heteroatoms. The van der Waals surface area contributed by atoms with Crippen LogP contribution in [-0.2, 0) is 9.53 Å². The lowest BCUT2D eigenvalue weighted by Crippen LogP contribution is -2.29. The zero-order chi connectivity index (χ0) is 12.4. The van der Waals surface area contributed by atoms with Gasteiger partial charge >= 0.3 is 12.1 Å². The highest BCUT2D eigenvalue weighted by molar-refractivity contribution is 5.67. The number of unbranched alkanes of at least 4 members (excludes halogenated alkanes) is 1. The summed E-state index contributed by atoms with van der Waals surface area (Å²) in [6.07, 6.45) is 2.12. The van der Waals surface area contributed by atoms with Crippen molar-refractivity contribution in [1.82, 2.24) is 5.32 Å². The number of carboxylic acid groups (broad SMARTS) is 1. The van der Waals surface area contributed by atoms with Gasteiger partial charge in [0, 0.05) is 13.0 Å². The summed E-state index contributed by atoms with van der Waals surface area (Å²) in [7, 11) is 0. The van der Waals surface area contributed by atoms with Gasteiger partial charge in [-0.2, -0.15) is 0 Å². The van der Waals surface area contributed by atoms with Gasteiger partial charge in [0.2, 0.25) is 0 Å². The zero-order valence-corrected chi connectivity index (χ0v) is 9.99. The summed E-state index contributed by atoms with van der Waals surface area (Å²) < 4.78 is 4.89. The van der Waals surface area contributed by atoms with E-state index in [1.54, 1.807) is 0 Å². The predicted octanol–water partition coefficient (Wildman–Crippen LogP) is 2.01. The number of nitrogens with one attached hydrogen (secondary N) is 1. The van der Waals surface area contributed by atoms with Crippen molar-refractivity contribution in [3.05, 3.63) is 0 Å². The smallest absolute Gasteiger partial charge is 0.407 e. The molecule has 1 amide bonds. The van der Waals surface area contributed by atoms with Gasteiger partial charge in [-0.25, -0.2) is 4.79 Å². The molecule has 0 heterocycles. The molecule has 2 N–H and O–H groups in total. The monoisotopic (exact) mass is 231 g/mol. The van der Waals surface area contributed by atoms with Gasteiger partial charge in [-0.3, -0.25) is 4.79 Å². The summed E-state index contributed by atoms with van der Waals surface area (Å²) in [5.41, 5.74) is 0. The summed E-state index contributed by atoms with van der Waals surface area (Å²) in [4.78, 5) is 21.4. The van der Waals surface area contributed by atoms with Crippen LogP contribution in [-0.4, -0.2) is 30.3 Å². The first-order valence-electron chi connectivity index (χ1n) is 5.68. The Hall–Kier alpha value is -1.26. The first-order valence-corrected chi connectivity index (χ1v) is 5.68. The molecule has 1 unspecified atom stereocenters. The van der Waals surface area contributed by atoms with Crippen molar-refractivity contribution < 1.29 is 19.4 Å². The van der Waals surface area contributed by atoms with Crippen molar-refractivity contribution in [1.29, 1.82) is 0 Å². The summed E-state index contributed by atoms with van der Waals surface area (Å²) in [6, 6.07) is 0. The average molecular weight is 231 g/mol. The van der Waals surface area contributed by atoms with Crippen LogP contribution in [0.1, 0.15) is 39.5 Å². The largest absolute Gasteiger partial charge is 0.481 e. The number of alkyl carbamates (subject to hydrolysis) is 1. The normalized spacial score (nSPS) is 11.9. The van der Waals surface area contributed by atoms with E-state index in [4.69, 9.17) is 9.84 Å². The SMILES string of the molecule is CCCCOC(=O)NCC(C)CCC(=O)O. The first-order chi connectivity index (χ1) is 7.56. The molecule has 0 aliphatic rings. The third kappa shape index (κ3) is 9.30. The molecule has 0 aliphatic heterocycles. The van der Waals surface area contributed by atoms with E-state index >= 15 is 0 Å². The Balaban J connectivity index is 3.47. The molecule has 1 atom stereocenters. The standard InChI is InChI=1S/C11H21NO4/c1-3-4-7-16-11(15)12-8-9(2)5-6-10(13)14/h9H,3-8H2,1-2H3,(H,12,15)(H,13,14). The number of aliphatic carboxylic acids is 1. The van der Waals surface area contributed by atoms with E-state index in [1.165, 1.54) is 0 Å². The minimum Gasteiger partial charge on any atom is -0.481 e. The molecule has 0 rings (SSSR count). The number of carbonyl (C=O) groups is 2. The number of hydrogen-bond donors (Lipinski definition) is 2. The van der Waals surface area contributed by atoms with Crippen LogP contribution in [0.2, 0.25) is 0 Å². The van der Waals surface area contributed by atoms with E-state index in [1.807, 2.05) is 13.8 Å². The van der Waals surface area contributed by atoms with Crippen LogP contribution < -0.4 is 5.32 Å². The van der Waals surface area contributed by atoms with Gasteiger partial charge in [-0.1, -0.05) is 20.3 Å². The Kier molecular flexibility index (Phi) is 8.29. The predicted molar refractivity (Wildman–Crippen MR) is 60.3 cm³/mol. The van der Waals surface area contributed by atoms with Crippen molar-refractivity contribution in [3.63, 3.8) is 0 Å². The molecule has 0 saturated heterocycles. The Labute approximate surface area is 96.2 Å². The molecular formula is C11H21NO4. The van der Waals surface area contributed by atoms with Crippen LogP contribution in [0.3, 0.4) is 0 Å². The van der Waals surface area contributed by atoms with E-state index in [2.05, 4.69) is 5.32 Å². The lowest BCUT2D eigenvalue weighted by Gasteiger charge is -2.11. The Bertz CT molecular complexity index is 218. The van der Waals surface area contributed by atoms with Crippen molar-refractivity contribution in [2.45, 2.75) is 39.5 Å². The fraction of sp³-hybridized carbons (Fsp3) is 0.818. The van der Waals surface area contributed by atoms with Gasteiger partial charge in [0.1, 0.15) is 0 Å². The molecule has 0 aromatic rings. The van der Waals surface area contributed by atoms with Crippen LogP contribution in [0, 0.1) is 5.92 Å². The second-order valence-corrected chi connectivity index (χ2v) is 3.91. The van der Waals surface area contributed by atoms with E-state index in [9.17, 15) is 9.59 Å². The summed E-state index contributed by atoms with van der Waals surface area (Å²) >= 11 is 0. The molecule has 0 fully saturated rings. The second-order valence-electron chi connectivity index (χ2n) is 3.91. The van der Waals surface area contributed by atoms with Crippen molar-refractivity contribution >= 4 is 12.1 Å². The van der Waals surface area contributed by atoms with Crippen LogP contribution >= 0.6 is 0 Å². The van der Waals surface area contributed by atoms with E-state index in [0.29, 0.717) is 19.6 Å². The number of carboxylic acids is 1. The maximum absolute atomic E-state index is 11.1.